The maximum atomic E-state index is 10.4. The average Bonchev–Trinajstić information content (AvgIpc) is 2.57. The van der Waals surface area contributed by atoms with Gasteiger partial charge >= 0.3 is 5.97 Å². The second-order valence-corrected chi connectivity index (χ2v) is 5.63. The lowest BCUT2D eigenvalue weighted by Gasteiger charge is -1.98. The monoisotopic (exact) mass is 336 g/mol. The van der Waals surface area contributed by atoms with Gasteiger partial charge in [0.25, 0.3) is 0 Å². The van der Waals surface area contributed by atoms with E-state index in [1.165, 1.54) is 19.3 Å². The van der Waals surface area contributed by atoms with Gasteiger partial charge in [-0.2, -0.15) is 0 Å². The van der Waals surface area contributed by atoms with Crippen LogP contribution in [0.5, 0.6) is 0 Å². The Morgan fingerprint density at radius 2 is 1.58 bits per heavy atom. The Morgan fingerprint density at radius 3 is 2.29 bits per heavy atom. The second kappa shape index (κ2) is 17.5. The van der Waals surface area contributed by atoms with E-state index in [2.05, 4.69) is 30.0 Å². The standard InChI is InChI=1S/C20H32O4/c1-2-3-4-5-6-7-8-9-10-13-16-19(24-23)17-14-11-12-15-18-20(21)22/h6-7,9-11,14,16,23H,2-5,8,12-13,15,17-18H2,1H3,(H,21,22)/b7-6-,10-9-,14-11-,19-16-. The SMILES string of the molecule is CCCCC/C=C\C/C=C\C/C=C(/C/C=C\CCCC(=O)O)OO. The van der Waals surface area contributed by atoms with Crippen molar-refractivity contribution >= 4 is 5.97 Å². The van der Waals surface area contributed by atoms with Gasteiger partial charge in [0, 0.05) is 12.8 Å². The molecule has 0 aliphatic rings. The molecule has 0 aromatic heterocycles. The number of hydrogen-bond donors (Lipinski definition) is 2. The van der Waals surface area contributed by atoms with Crippen LogP contribution in [-0.2, 0) is 9.68 Å². The molecule has 0 atom stereocenters. The van der Waals surface area contributed by atoms with E-state index < -0.39 is 5.97 Å². The molecule has 0 amide bonds. The third kappa shape index (κ3) is 16.6. The minimum absolute atomic E-state index is 0.182. The van der Waals surface area contributed by atoms with Crippen molar-refractivity contribution in [3.05, 3.63) is 48.3 Å². The minimum atomic E-state index is -0.773. The number of aliphatic carboxylic acids is 1. The van der Waals surface area contributed by atoms with Crippen LogP contribution in [-0.4, -0.2) is 16.3 Å². The maximum Gasteiger partial charge on any atom is 0.303 e. The van der Waals surface area contributed by atoms with Crippen molar-refractivity contribution in [3.63, 3.8) is 0 Å². The van der Waals surface area contributed by atoms with Gasteiger partial charge in [-0.25, -0.2) is 5.26 Å². The van der Waals surface area contributed by atoms with E-state index >= 15 is 0 Å². The maximum absolute atomic E-state index is 10.4. The lowest BCUT2D eigenvalue weighted by Crippen LogP contribution is -1.92. The largest absolute Gasteiger partial charge is 0.481 e. The lowest BCUT2D eigenvalue weighted by molar-refractivity contribution is -0.204. The van der Waals surface area contributed by atoms with E-state index in [1.54, 1.807) is 0 Å². The van der Waals surface area contributed by atoms with Gasteiger partial charge in [-0.3, -0.25) is 4.79 Å². The van der Waals surface area contributed by atoms with Crippen molar-refractivity contribution in [2.75, 3.05) is 0 Å². The fourth-order valence-corrected chi connectivity index (χ4v) is 2.04. The summed E-state index contributed by atoms with van der Waals surface area (Å²) in [5.74, 6) is -0.269. The number of unbranched alkanes of at least 4 members (excludes halogenated alkanes) is 4. The average molecular weight is 336 g/mol. The molecule has 4 heteroatoms. The van der Waals surface area contributed by atoms with E-state index in [0.29, 0.717) is 25.0 Å². The molecule has 2 N–H and O–H groups in total. The van der Waals surface area contributed by atoms with E-state index in [0.717, 1.165) is 19.3 Å². The molecule has 0 bridgehead atoms. The van der Waals surface area contributed by atoms with Crippen molar-refractivity contribution < 1.29 is 20.0 Å². The fourth-order valence-electron chi connectivity index (χ4n) is 2.04. The highest BCUT2D eigenvalue weighted by Gasteiger charge is 1.95. The first-order chi connectivity index (χ1) is 11.7. The quantitative estimate of drug-likeness (QED) is 0.126. The van der Waals surface area contributed by atoms with Crippen molar-refractivity contribution in [2.24, 2.45) is 0 Å². The van der Waals surface area contributed by atoms with Crippen LogP contribution >= 0.6 is 0 Å². The number of carbonyl (C=O) groups is 1. The summed E-state index contributed by atoms with van der Waals surface area (Å²) in [5.41, 5.74) is 0. The number of allylic oxidation sites excluding steroid dienone is 7. The first-order valence-corrected chi connectivity index (χ1v) is 8.88. The van der Waals surface area contributed by atoms with Crippen molar-refractivity contribution in [3.8, 4) is 0 Å². The predicted octanol–water partition coefficient (Wildman–Crippen LogP) is 6.03. The van der Waals surface area contributed by atoms with Gasteiger partial charge < -0.3 is 9.99 Å². The van der Waals surface area contributed by atoms with Crippen LogP contribution in [0.1, 0.15) is 71.1 Å². The molecule has 0 rings (SSSR count). The van der Waals surface area contributed by atoms with Crippen LogP contribution in [0.2, 0.25) is 0 Å². The second-order valence-electron chi connectivity index (χ2n) is 5.63. The highest BCUT2D eigenvalue weighted by atomic mass is 17.1. The summed E-state index contributed by atoms with van der Waals surface area (Å²) in [6.45, 7) is 2.21. The molecular weight excluding hydrogens is 304 g/mol. The lowest BCUT2D eigenvalue weighted by atomic mass is 10.2. The molecule has 0 aliphatic heterocycles. The topological polar surface area (TPSA) is 66.8 Å². The Labute approximate surface area is 146 Å². The molecule has 0 aromatic rings. The summed E-state index contributed by atoms with van der Waals surface area (Å²) in [6.07, 6.45) is 22.8. The molecule has 0 saturated heterocycles. The Morgan fingerprint density at radius 1 is 0.917 bits per heavy atom. The molecule has 0 aliphatic carbocycles. The highest BCUT2D eigenvalue weighted by Crippen LogP contribution is 2.07. The zero-order valence-electron chi connectivity index (χ0n) is 14.8. The molecule has 136 valence electrons. The molecule has 0 unspecified atom stereocenters. The first kappa shape index (κ1) is 22.2. The van der Waals surface area contributed by atoms with Crippen molar-refractivity contribution in [1.82, 2.24) is 0 Å². The summed E-state index contributed by atoms with van der Waals surface area (Å²) in [5, 5.41) is 17.4. The van der Waals surface area contributed by atoms with E-state index in [1.807, 2.05) is 24.3 Å². The van der Waals surface area contributed by atoms with Gasteiger partial charge in [0.1, 0.15) is 5.76 Å². The molecular formula is C20H32O4. The van der Waals surface area contributed by atoms with Crippen LogP contribution in [0.3, 0.4) is 0 Å². The summed E-state index contributed by atoms with van der Waals surface area (Å²) >= 11 is 0. The van der Waals surface area contributed by atoms with Crippen molar-refractivity contribution in [1.29, 1.82) is 0 Å². The fraction of sp³-hybridized carbons (Fsp3) is 0.550. The van der Waals surface area contributed by atoms with Crippen LogP contribution in [0.4, 0.5) is 0 Å². The molecule has 24 heavy (non-hydrogen) atoms. The molecule has 0 radical (unpaired) electrons. The molecule has 0 fully saturated rings. The van der Waals surface area contributed by atoms with Gasteiger partial charge in [-0.05, 0) is 44.6 Å². The Hall–Kier alpha value is -1.81. The smallest absolute Gasteiger partial charge is 0.303 e. The summed E-state index contributed by atoms with van der Waals surface area (Å²) in [6, 6.07) is 0. The predicted molar refractivity (Wildman–Crippen MR) is 98.7 cm³/mol. The van der Waals surface area contributed by atoms with Gasteiger partial charge in [0.05, 0.1) is 0 Å². The van der Waals surface area contributed by atoms with E-state index in [-0.39, 0.29) is 6.42 Å². The van der Waals surface area contributed by atoms with Gasteiger partial charge in [-0.15, -0.1) is 0 Å². The third-order valence-electron chi connectivity index (χ3n) is 3.43. The zero-order chi connectivity index (χ0) is 17.9. The zero-order valence-corrected chi connectivity index (χ0v) is 14.8. The van der Waals surface area contributed by atoms with Crippen LogP contribution < -0.4 is 0 Å². The number of carboxylic acids is 1. The highest BCUT2D eigenvalue weighted by molar-refractivity contribution is 5.66. The normalized spacial score (nSPS) is 12.7. The van der Waals surface area contributed by atoms with Gasteiger partial charge in [0.15, 0.2) is 0 Å². The number of carboxylic acid groups (broad SMARTS) is 1. The van der Waals surface area contributed by atoms with Gasteiger partial charge in [-0.1, -0.05) is 56.2 Å². The Balaban J connectivity index is 3.81. The Bertz CT molecular complexity index is 419. The van der Waals surface area contributed by atoms with Gasteiger partial charge in [0.2, 0.25) is 0 Å². The molecule has 0 spiro atoms. The minimum Gasteiger partial charge on any atom is -0.481 e. The van der Waals surface area contributed by atoms with E-state index in [4.69, 9.17) is 10.4 Å². The van der Waals surface area contributed by atoms with Crippen molar-refractivity contribution in [2.45, 2.75) is 71.1 Å². The summed E-state index contributed by atoms with van der Waals surface area (Å²) in [4.78, 5) is 14.7. The van der Waals surface area contributed by atoms with Crippen LogP contribution in [0.15, 0.2) is 48.3 Å². The number of hydrogen-bond acceptors (Lipinski definition) is 3. The third-order valence-corrected chi connectivity index (χ3v) is 3.43. The van der Waals surface area contributed by atoms with Crippen LogP contribution in [0, 0.1) is 0 Å². The number of rotatable bonds is 15. The molecule has 4 nitrogen and oxygen atoms in total. The Kier molecular flexibility index (Phi) is 16.2. The summed E-state index contributed by atoms with van der Waals surface area (Å²) in [7, 11) is 0. The van der Waals surface area contributed by atoms with Crippen LogP contribution in [0.25, 0.3) is 0 Å². The molecule has 0 heterocycles. The van der Waals surface area contributed by atoms with E-state index in [9.17, 15) is 4.79 Å². The summed E-state index contributed by atoms with van der Waals surface area (Å²) < 4.78 is 0. The molecule has 0 aromatic carbocycles. The molecule has 0 saturated carbocycles. The first-order valence-electron chi connectivity index (χ1n) is 8.88.